The summed E-state index contributed by atoms with van der Waals surface area (Å²) in [6.45, 7) is 1.86. The van der Waals surface area contributed by atoms with E-state index < -0.39 is 23.2 Å². The highest BCUT2D eigenvalue weighted by atomic mass is 19.4. The Balaban J connectivity index is 1.42. The van der Waals surface area contributed by atoms with Crippen LogP contribution in [0.4, 0.5) is 18.9 Å². The Bertz CT molecular complexity index is 1240. The Labute approximate surface area is 180 Å². The molecule has 0 aliphatic heterocycles. The second-order valence-electron chi connectivity index (χ2n) is 6.76. The van der Waals surface area contributed by atoms with Crippen molar-refractivity contribution in [1.29, 1.82) is 0 Å². The van der Waals surface area contributed by atoms with Crippen LogP contribution in [-0.2, 0) is 6.18 Å². The third-order valence-corrected chi connectivity index (χ3v) is 4.39. The third-order valence-electron chi connectivity index (χ3n) is 4.39. The van der Waals surface area contributed by atoms with Crippen LogP contribution in [0.2, 0.25) is 0 Å². The molecule has 0 unspecified atom stereocenters. The van der Waals surface area contributed by atoms with Crippen molar-refractivity contribution >= 4 is 11.6 Å². The van der Waals surface area contributed by atoms with Gasteiger partial charge in [0, 0.05) is 18.0 Å². The zero-order valence-electron chi connectivity index (χ0n) is 16.7. The number of amides is 1. The molecule has 0 atom stereocenters. The molecule has 2 aromatic carbocycles. The van der Waals surface area contributed by atoms with Gasteiger partial charge in [-0.2, -0.15) is 18.3 Å². The Morgan fingerprint density at radius 2 is 1.72 bits per heavy atom. The topological polar surface area (TPSA) is 81.9 Å². The van der Waals surface area contributed by atoms with Gasteiger partial charge in [0.15, 0.2) is 5.82 Å². The summed E-state index contributed by atoms with van der Waals surface area (Å²) in [6, 6.07) is 15.9. The molecule has 4 rings (SSSR count). The number of benzene rings is 2. The number of carbonyl (C=O) groups is 1. The normalized spacial score (nSPS) is 11.2. The van der Waals surface area contributed by atoms with Crippen molar-refractivity contribution in [1.82, 2.24) is 20.0 Å². The zero-order chi connectivity index (χ0) is 22.7. The summed E-state index contributed by atoms with van der Waals surface area (Å²) in [5.74, 6) is 0.328. The van der Waals surface area contributed by atoms with Gasteiger partial charge in [0.2, 0.25) is 5.88 Å². The molecule has 0 saturated heterocycles. The summed E-state index contributed by atoms with van der Waals surface area (Å²) in [6.07, 6.45) is -2.86. The molecule has 162 valence electrons. The monoisotopic (exact) mass is 439 g/mol. The fourth-order valence-electron chi connectivity index (χ4n) is 2.89. The van der Waals surface area contributed by atoms with E-state index in [1.807, 2.05) is 13.0 Å². The SMILES string of the molecule is Cc1ccn(-c2ccc(Oc3ccc(NC(=O)c4ccccc4C(F)(F)F)cc3)nn2)n1. The van der Waals surface area contributed by atoms with Crippen LogP contribution in [0.5, 0.6) is 11.6 Å². The number of anilines is 1. The molecular weight excluding hydrogens is 423 g/mol. The van der Waals surface area contributed by atoms with Gasteiger partial charge in [0.05, 0.1) is 16.8 Å². The summed E-state index contributed by atoms with van der Waals surface area (Å²) < 4.78 is 46.6. The van der Waals surface area contributed by atoms with E-state index in [4.69, 9.17) is 4.74 Å². The van der Waals surface area contributed by atoms with E-state index in [-0.39, 0.29) is 5.88 Å². The highest BCUT2D eigenvalue weighted by Gasteiger charge is 2.34. The first-order valence-electron chi connectivity index (χ1n) is 9.41. The molecule has 0 fully saturated rings. The summed E-state index contributed by atoms with van der Waals surface area (Å²) in [4.78, 5) is 12.3. The van der Waals surface area contributed by atoms with Gasteiger partial charge in [0.1, 0.15) is 5.75 Å². The maximum absolute atomic E-state index is 13.1. The lowest BCUT2D eigenvalue weighted by molar-refractivity contribution is -0.137. The standard InChI is InChI=1S/C22H16F3N5O2/c1-14-12-13-30(29-14)19-10-11-20(28-27-19)32-16-8-6-15(7-9-16)26-21(31)17-4-2-3-5-18(17)22(23,24)25/h2-13H,1H3,(H,26,31). The third kappa shape index (κ3) is 4.75. The second kappa shape index (κ2) is 8.50. The Morgan fingerprint density at radius 3 is 2.34 bits per heavy atom. The van der Waals surface area contributed by atoms with E-state index >= 15 is 0 Å². The van der Waals surface area contributed by atoms with Crippen LogP contribution in [0.15, 0.2) is 72.9 Å². The number of alkyl halides is 3. The van der Waals surface area contributed by atoms with Gasteiger partial charge in [-0.3, -0.25) is 4.79 Å². The lowest BCUT2D eigenvalue weighted by Crippen LogP contribution is -2.18. The van der Waals surface area contributed by atoms with Crippen molar-refractivity contribution in [2.45, 2.75) is 13.1 Å². The number of aryl methyl sites for hydroxylation is 1. The van der Waals surface area contributed by atoms with Crippen molar-refractivity contribution in [2.75, 3.05) is 5.32 Å². The fourth-order valence-corrected chi connectivity index (χ4v) is 2.89. The molecule has 0 spiro atoms. The Morgan fingerprint density at radius 1 is 0.969 bits per heavy atom. The van der Waals surface area contributed by atoms with E-state index in [1.54, 1.807) is 35.1 Å². The van der Waals surface area contributed by atoms with Gasteiger partial charge in [-0.15, -0.1) is 10.2 Å². The lowest BCUT2D eigenvalue weighted by Gasteiger charge is -2.13. The quantitative estimate of drug-likeness (QED) is 0.472. The highest BCUT2D eigenvalue weighted by Crippen LogP contribution is 2.32. The summed E-state index contributed by atoms with van der Waals surface area (Å²) in [5, 5.41) is 14.7. The number of hydrogen-bond acceptors (Lipinski definition) is 5. The summed E-state index contributed by atoms with van der Waals surface area (Å²) >= 11 is 0. The maximum Gasteiger partial charge on any atom is 0.417 e. The van der Waals surface area contributed by atoms with Crippen molar-refractivity contribution in [2.24, 2.45) is 0 Å². The molecule has 32 heavy (non-hydrogen) atoms. The molecule has 1 amide bonds. The van der Waals surface area contributed by atoms with E-state index in [9.17, 15) is 18.0 Å². The van der Waals surface area contributed by atoms with Crippen LogP contribution >= 0.6 is 0 Å². The van der Waals surface area contributed by atoms with E-state index in [2.05, 4.69) is 20.6 Å². The van der Waals surface area contributed by atoms with Gasteiger partial charge < -0.3 is 10.1 Å². The Hall–Kier alpha value is -4.21. The predicted octanol–water partition coefficient (Wildman–Crippen LogP) is 5.03. The lowest BCUT2D eigenvalue weighted by atomic mass is 10.1. The van der Waals surface area contributed by atoms with Gasteiger partial charge >= 0.3 is 6.18 Å². The number of nitrogens with zero attached hydrogens (tertiary/aromatic N) is 4. The minimum Gasteiger partial charge on any atom is -0.438 e. The smallest absolute Gasteiger partial charge is 0.417 e. The molecule has 0 aliphatic carbocycles. The molecule has 0 bridgehead atoms. The first kappa shape index (κ1) is 21.0. The molecule has 7 nitrogen and oxygen atoms in total. The summed E-state index contributed by atoms with van der Waals surface area (Å²) in [5.41, 5.74) is -0.288. The van der Waals surface area contributed by atoms with Crippen LogP contribution < -0.4 is 10.1 Å². The number of nitrogens with one attached hydrogen (secondary N) is 1. The van der Waals surface area contributed by atoms with Crippen molar-refractivity contribution in [3.8, 4) is 17.4 Å². The van der Waals surface area contributed by atoms with Crippen LogP contribution in [0, 0.1) is 6.92 Å². The zero-order valence-corrected chi connectivity index (χ0v) is 16.7. The fraction of sp³-hybridized carbons (Fsp3) is 0.0909. The maximum atomic E-state index is 13.1. The van der Waals surface area contributed by atoms with Crippen LogP contribution in [0.25, 0.3) is 5.82 Å². The van der Waals surface area contributed by atoms with E-state index in [0.717, 1.165) is 17.8 Å². The molecule has 2 aromatic heterocycles. The van der Waals surface area contributed by atoms with Gasteiger partial charge in [0.25, 0.3) is 5.91 Å². The largest absolute Gasteiger partial charge is 0.438 e. The second-order valence-corrected chi connectivity index (χ2v) is 6.76. The molecule has 2 heterocycles. The molecular formula is C22H16F3N5O2. The molecule has 0 saturated carbocycles. The molecule has 10 heteroatoms. The van der Waals surface area contributed by atoms with Gasteiger partial charge in [-0.05, 0) is 55.5 Å². The van der Waals surface area contributed by atoms with Crippen molar-refractivity contribution in [3.05, 3.63) is 89.7 Å². The van der Waals surface area contributed by atoms with Crippen LogP contribution in [-0.4, -0.2) is 25.9 Å². The number of aromatic nitrogens is 4. The van der Waals surface area contributed by atoms with Crippen LogP contribution in [0.1, 0.15) is 21.6 Å². The number of halogens is 3. The average molecular weight is 439 g/mol. The molecule has 0 radical (unpaired) electrons. The molecule has 1 N–H and O–H groups in total. The molecule has 0 aliphatic rings. The van der Waals surface area contributed by atoms with E-state index in [1.165, 1.54) is 24.3 Å². The van der Waals surface area contributed by atoms with E-state index in [0.29, 0.717) is 17.3 Å². The molecule has 4 aromatic rings. The number of hydrogen-bond donors (Lipinski definition) is 1. The first-order valence-corrected chi connectivity index (χ1v) is 9.41. The van der Waals surface area contributed by atoms with Gasteiger partial charge in [-0.1, -0.05) is 12.1 Å². The highest BCUT2D eigenvalue weighted by molar-refractivity contribution is 6.05. The number of ether oxygens (including phenoxy) is 1. The predicted molar refractivity (Wildman–Crippen MR) is 110 cm³/mol. The van der Waals surface area contributed by atoms with Crippen molar-refractivity contribution < 1.29 is 22.7 Å². The van der Waals surface area contributed by atoms with Crippen LogP contribution in [0.3, 0.4) is 0 Å². The minimum absolute atomic E-state index is 0.244. The summed E-state index contributed by atoms with van der Waals surface area (Å²) in [7, 11) is 0. The Kier molecular flexibility index (Phi) is 5.59. The minimum atomic E-state index is -4.63. The number of rotatable bonds is 5. The average Bonchev–Trinajstić information content (AvgIpc) is 3.21. The number of carbonyl (C=O) groups excluding carboxylic acids is 1. The van der Waals surface area contributed by atoms with Crippen molar-refractivity contribution in [3.63, 3.8) is 0 Å². The van der Waals surface area contributed by atoms with Gasteiger partial charge in [-0.25, -0.2) is 4.68 Å². The first-order chi connectivity index (χ1) is 15.3.